The average molecular weight is 346 g/mol. The molecule has 130 valence electrons. The fraction of sp³-hybridized carbons (Fsp3) is 0.200. The highest BCUT2D eigenvalue weighted by Crippen LogP contribution is 2.17. The van der Waals surface area contributed by atoms with Gasteiger partial charge in [0.1, 0.15) is 0 Å². The standard InChI is InChI=1S/C20H18N4O2/c25-19(26)16-5-8-18-15(11-16)4-7-17(23-18)6-3-14-12-21-20(22-13-14)24-9-1-2-10-24/h3-8,11-13H,1-2,9-10H2,(H,25,26)/b6-3+. The third-order valence-corrected chi connectivity index (χ3v) is 4.45. The van der Waals surface area contributed by atoms with E-state index in [-0.39, 0.29) is 5.56 Å². The Bertz CT molecular complexity index is 977. The number of hydrogen-bond acceptors (Lipinski definition) is 5. The van der Waals surface area contributed by atoms with Gasteiger partial charge in [-0.05, 0) is 49.3 Å². The van der Waals surface area contributed by atoms with Gasteiger partial charge < -0.3 is 10.0 Å². The predicted molar refractivity (Wildman–Crippen MR) is 101 cm³/mol. The SMILES string of the molecule is O=C(O)c1ccc2nc(/C=C/c3cnc(N4CCCC4)nc3)ccc2c1. The number of pyridine rings is 1. The van der Waals surface area contributed by atoms with E-state index in [1.54, 1.807) is 18.2 Å². The van der Waals surface area contributed by atoms with E-state index in [1.807, 2.05) is 36.7 Å². The molecule has 26 heavy (non-hydrogen) atoms. The maximum absolute atomic E-state index is 11.0. The van der Waals surface area contributed by atoms with E-state index in [0.29, 0.717) is 0 Å². The lowest BCUT2D eigenvalue weighted by atomic mass is 10.1. The summed E-state index contributed by atoms with van der Waals surface area (Å²) in [5.74, 6) is -0.147. The van der Waals surface area contributed by atoms with E-state index < -0.39 is 5.97 Å². The number of aromatic carboxylic acids is 1. The Morgan fingerprint density at radius 1 is 1.04 bits per heavy atom. The van der Waals surface area contributed by atoms with E-state index in [9.17, 15) is 4.79 Å². The number of rotatable bonds is 4. The van der Waals surface area contributed by atoms with Gasteiger partial charge in [-0.3, -0.25) is 0 Å². The molecule has 0 amide bonds. The van der Waals surface area contributed by atoms with Crippen molar-refractivity contribution in [3.63, 3.8) is 0 Å². The molecule has 1 fully saturated rings. The molecule has 1 saturated heterocycles. The Balaban J connectivity index is 1.52. The number of aromatic nitrogens is 3. The largest absolute Gasteiger partial charge is 0.478 e. The van der Waals surface area contributed by atoms with Crippen molar-refractivity contribution in [3.05, 3.63) is 59.5 Å². The number of carboxylic acid groups (broad SMARTS) is 1. The third kappa shape index (κ3) is 3.39. The molecule has 3 heterocycles. The Hall–Kier alpha value is -3.28. The molecule has 3 aromatic rings. The third-order valence-electron chi connectivity index (χ3n) is 4.45. The van der Waals surface area contributed by atoms with Crippen LogP contribution in [0.15, 0.2) is 42.7 Å². The minimum Gasteiger partial charge on any atom is -0.478 e. The van der Waals surface area contributed by atoms with E-state index in [2.05, 4.69) is 19.9 Å². The fourth-order valence-electron chi connectivity index (χ4n) is 3.05. The van der Waals surface area contributed by atoms with Crippen LogP contribution in [0.3, 0.4) is 0 Å². The van der Waals surface area contributed by atoms with Crippen molar-refractivity contribution in [2.45, 2.75) is 12.8 Å². The summed E-state index contributed by atoms with van der Waals surface area (Å²) in [5, 5.41) is 9.86. The van der Waals surface area contributed by atoms with Gasteiger partial charge in [-0.2, -0.15) is 0 Å². The zero-order chi connectivity index (χ0) is 17.9. The van der Waals surface area contributed by atoms with Gasteiger partial charge in [0.25, 0.3) is 0 Å². The van der Waals surface area contributed by atoms with E-state index in [1.165, 1.54) is 12.8 Å². The first-order valence-corrected chi connectivity index (χ1v) is 8.58. The van der Waals surface area contributed by atoms with Crippen molar-refractivity contribution in [1.29, 1.82) is 0 Å². The summed E-state index contributed by atoms with van der Waals surface area (Å²) in [5.41, 5.74) is 2.73. The summed E-state index contributed by atoms with van der Waals surface area (Å²) in [6.45, 7) is 2.06. The molecule has 1 aromatic carbocycles. The summed E-state index contributed by atoms with van der Waals surface area (Å²) < 4.78 is 0. The van der Waals surface area contributed by atoms with Crippen LogP contribution >= 0.6 is 0 Å². The normalized spacial score (nSPS) is 14.4. The zero-order valence-electron chi connectivity index (χ0n) is 14.2. The highest BCUT2D eigenvalue weighted by Gasteiger charge is 2.14. The minimum absolute atomic E-state index is 0.262. The number of fused-ring (bicyclic) bond motifs is 1. The van der Waals surface area contributed by atoms with Crippen LogP contribution in [0.5, 0.6) is 0 Å². The number of nitrogens with zero attached hydrogens (tertiary/aromatic N) is 4. The number of anilines is 1. The summed E-state index contributed by atoms with van der Waals surface area (Å²) in [6, 6.07) is 8.66. The van der Waals surface area contributed by atoms with Crippen molar-refractivity contribution in [2.24, 2.45) is 0 Å². The Kier molecular flexibility index (Phi) is 4.31. The summed E-state index contributed by atoms with van der Waals surface area (Å²) >= 11 is 0. The first kappa shape index (κ1) is 16.2. The van der Waals surface area contributed by atoms with Crippen LogP contribution < -0.4 is 4.90 Å². The lowest BCUT2D eigenvalue weighted by molar-refractivity contribution is 0.0697. The van der Waals surface area contributed by atoms with Crippen LogP contribution in [0.1, 0.15) is 34.5 Å². The molecule has 2 aromatic heterocycles. The molecule has 1 aliphatic heterocycles. The molecule has 6 nitrogen and oxygen atoms in total. The second kappa shape index (κ2) is 6.92. The van der Waals surface area contributed by atoms with Gasteiger partial charge in [-0.1, -0.05) is 6.07 Å². The predicted octanol–water partition coefficient (Wildman–Crippen LogP) is 3.49. The lowest BCUT2D eigenvalue weighted by Crippen LogP contribution is -2.20. The van der Waals surface area contributed by atoms with E-state index >= 15 is 0 Å². The van der Waals surface area contributed by atoms with Gasteiger partial charge >= 0.3 is 5.97 Å². The molecule has 6 heteroatoms. The van der Waals surface area contributed by atoms with Gasteiger partial charge in [-0.25, -0.2) is 19.7 Å². The van der Waals surface area contributed by atoms with Crippen LogP contribution in [0.4, 0.5) is 5.95 Å². The van der Waals surface area contributed by atoms with Crippen molar-refractivity contribution >= 4 is 35.0 Å². The molecule has 4 rings (SSSR count). The van der Waals surface area contributed by atoms with E-state index in [0.717, 1.165) is 41.2 Å². The van der Waals surface area contributed by atoms with Gasteiger partial charge in [0.05, 0.1) is 16.8 Å². The molecular weight excluding hydrogens is 328 g/mol. The number of benzene rings is 1. The first-order valence-electron chi connectivity index (χ1n) is 8.58. The molecule has 0 bridgehead atoms. The van der Waals surface area contributed by atoms with Crippen LogP contribution in [0.2, 0.25) is 0 Å². The lowest BCUT2D eigenvalue weighted by Gasteiger charge is -2.14. The molecule has 1 N–H and O–H groups in total. The fourth-order valence-corrected chi connectivity index (χ4v) is 3.05. The molecule has 0 saturated carbocycles. The smallest absolute Gasteiger partial charge is 0.335 e. The zero-order valence-corrected chi connectivity index (χ0v) is 14.2. The van der Waals surface area contributed by atoms with Gasteiger partial charge in [0, 0.05) is 36.4 Å². The van der Waals surface area contributed by atoms with Gasteiger partial charge in [0.2, 0.25) is 5.95 Å². The first-order chi connectivity index (χ1) is 12.7. The average Bonchev–Trinajstić information content (AvgIpc) is 3.21. The summed E-state index contributed by atoms with van der Waals surface area (Å²) in [6.07, 6.45) is 9.86. The maximum atomic E-state index is 11.0. The van der Waals surface area contributed by atoms with Crippen LogP contribution in [0, 0.1) is 0 Å². The Morgan fingerprint density at radius 2 is 1.81 bits per heavy atom. The number of carbonyl (C=O) groups is 1. The number of hydrogen-bond donors (Lipinski definition) is 1. The molecule has 0 unspecified atom stereocenters. The van der Waals surface area contributed by atoms with Crippen molar-refractivity contribution < 1.29 is 9.90 Å². The highest BCUT2D eigenvalue weighted by atomic mass is 16.4. The van der Waals surface area contributed by atoms with E-state index in [4.69, 9.17) is 5.11 Å². The second-order valence-corrected chi connectivity index (χ2v) is 6.29. The molecular formula is C20H18N4O2. The molecule has 0 spiro atoms. The van der Waals surface area contributed by atoms with Crippen molar-refractivity contribution in [1.82, 2.24) is 15.0 Å². The van der Waals surface area contributed by atoms with Crippen molar-refractivity contribution in [2.75, 3.05) is 18.0 Å². The molecule has 1 aliphatic rings. The van der Waals surface area contributed by atoms with Crippen LogP contribution in [-0.4, -0.2) is 39.1 Å². The molecule has 0 radical (unpaired) electrons. The van der Waals surface area contributed by atoms with Crippen LogP contribution in [-0.2, 0) is 0 Å². The van der Waals surface area contributed by atoms with Gasteiger partial charge in [0.15, 0.2) is 0 Å². The molecule has 0 aliphatic carbocycles. The summed E-state index contributed by atoms with van der Waals surface area (Å²) in [7, 11) is 0. The quantitative estimate of drug-likeness (QED) is 0.779. The number of carboxylic acids is 1. The Morgan fingerprint density at radius 3 is 2.54 bits per heavy atom. The minimum atomic E-state index is -0.937. The van der Waals surface area contributed by atoms with Crippen molar-refractivity contribution in [3.8, 4) is 0 Å². The second-order valence-electron chi connectivity index (χ2n) is 6.29. The monoisotopic (exact) mass is 346 g/mol. The van der Waals surface area contributed by atoms with Crippen LogP contribution in [0.25, 0.3) is 23.1 Å². The van der Waals surface area contributed by atoms with Gasteiger partial charge in [-0.15, -0.1) is 0 Å². The Labute approximate surface area is 150 Å². The summed E-state index contributed by atoms with van der Waals surface area (Å²) in [4.78, 5) is 26.6. The maximum Gasteiger partial charge on any atom is 0.335 e. The highest BCUT2D eigenvalue weighted by molar-refractivity contribution is 5.93. The topological polar surface area (TPSA) is 79.2 Å². The molecule has 0 atom stereocenters.